The molecule has 1 aromatic carbocycles. The van der Waals surface area contributed by atoms with Crippen LogP contribution >= 0.6 is 0 Å². The highest BCUT2D eigenvalue weighted by atomic mass is 16.2. The third-order valence-corrected chi connectivity index (χ3v) is 4.49. The normalized spacial score (nSPS) is 26.3. The molecule has 2 aliphatic rings. The zero-order chi connectivity index (χ0) is 14.1. The molecule has 0 radical (unpaired) electrons. The molecule has 108 valence electrons. The number of hydrogen-bond donors (Lipinski definition) is 1. The first-order valence-electron chi connectivity index (χ1n) is 7.82. The Labute approximate surface area is 121 Å². The van der Waals surface area contributed by atoms with Crippen molar-refractivity contribution in [3.63, 3.8) is 0 Å². The van der Waals surface area contributed by atoms with Crippen LogP contribution in [0.2, 0.25) is 0 Å². The van der Waals surface area contributed by atoms with Crippen LogP contribution in [0.5, 0.6) is 0 Å². The summed E-state index contributed by atoms with van der Waals surface area (Å²) in [5, 5.41) is 3.50. The molecule has 20 heavy (non-hydrogen) atoms. The maximum atomic E-state index is 12.5. The van der Waals surface area contributed by atoms with Crippen molar-refractivity contribution < 1.29 is 4.79 Å². The van der Waals surface area contributed by atoms with E-state index >= 15 is 0 Å². The molecule has 1 aliphatic heterocycles. The standard InChI is InChI=1S/C17H24N2O/c1-3-15-17(20)19(10-9-13-7-8-13)16(18-15)14-6-4-5-12(2)11-14/h4-6,11,13,15-16,18H,3,7-10H2,1-2H3. The van der Waals surface area contributed by atoms with Crippen LogP contribution in [-0.4, -0.2) is 23.4 Å². The lowest BCUT2D eigenvalue weighted by atomic mass is 10.1. The lowest BCUT2D eigenvalue weighted by Crippen LogP contribution is -2.32. The van der Waals surface area contributed by atoms with Crippen molar-refractivity contribution in [3.8, 4) is 0 Å². The van der Waals surface area contributed by atoms with E-state index in [0.29, 0.717) is 0 Å². The first kappa shape index (κ1) is 13.6. The van der Waals surface area contributed by atoms with Gasteiger partial charge in [-0.3, -0.25) is 10.1 Å². The van der Waals surface area contributed by atoms with E-state index in [1.807, 2.05) is 0 Å². The van der Waals surface area contributed by atoms with Gasteiger partial charge >= 0.3 is 0 Å². The lowest BCUT2D eigenvalue weighted by Gasteiger charge is -2.25. The van der Waals surface area contributed by atoms with Gasteiger partial charge in [-0.15, -0.1) is 0 Å². The van der Waals surface area contributed by atoms with E-state index in [-0.39, 0.29) is 18.1 Å². The Bertz CT molecular complexity index is 496. The Morgan fingerprint density at radius 1 is 1.35 bits per heavy atom. The van der Waals surface area contributed by atoms with Crippen molar-refractivity contribution in [3.05, 3.63) is 35.4 Å². The van der Waals surface area contributed by atoms with Crippen molar-refractivity contribution in [2.45, 2.75) is 51.7 Å². The van der Waals surface area contributed by atoms with Crippen LogP contribution in [0, 0.1) is 12.8 Å². The number of nitrogens with zero attached hydrogens (tertiary/aromatic N) is 1. The van der Waals surface area contributed by atoms with Gasteiger partial charge in [-0.2, -0.15) is 0 Å². The Kier molecular flexibility index (Phi) is 3.79. The Hall–Kier alpha value is -1.35. The van der Waals surface area contributed by atoms with Crippen LogP contribution in [0.25, 0.3) is 0 Å². The number of carbonyl (C=O) groups excluding carboxylic acids is 1. The minimum atomic E-state index is -0.0142. The van der Waals surface area contributed by atoms with E-state index < -0.39 is 0 Å². The van der Waals surface area contributed by atoms with Gasteiger partial charge in [-0.25, -0.2) is 0 Å². The van der Waals surface area contributed by atoms with Gasteiger partial charge < -0.3 is 4.90 Å². The number of carbonyl (C=O) groups is 1. The molecular weight excluding hydrogens is 248 g/mol. The second-order valence-corrected chi connectivity index (χ2v) is 6.21. The van der Waals surface area contributed by atoms with E-state index in [0.717, 1.165) is 25.3 Å². The zero-order valence-corrected chi connectivity index (χ0v) is 12.4. The molecule has 1 aliphatic carbocycles. The molecule has 0 aromatic heterocycles. The molecule has 2 unspecified atom stereocenters. The minimum absolute atomic E-state index is 0.0142. The van der Waals surface area contributed by atoms with E-state index in [9.17, 15) is 4.79 Å². The fraction of sp³-hybridized carbons (Fsp3) is 0.588. The van der Waals surface area contributed by atoms with Gasteiger partial charge in [0.05, 0.1) is 6.04 Å². The van der Waals surface area contributed by atoms with Crippen LogP contribution < -0.4 is 5.32 Å². The number of amides is 1. The first-order valence-corrected chi connectivity index (χ1v) is 7.82. The van der Waals surface area contributed by atoms with Crippen molar-refractivity contribution >= 4 is 5.91 Å². The Morgan fingerprint density at radius 2 is 2.15 bits per heavy atom. The molecule has 1 saturated carbocycles. The molecule has 3 rings (SSSR count). The number of nitrogens with one attached hydrogen (secondary N) is 1. The molecule has 0 bridgehead atoms. The monoisotopic (exact) mass is 272 g/mol. The van der Waals surface area contributed by atoms with Gasteiger partial charge in [0.25, 0.3) is 0 Å². The molecule has 3 nitrogen and oxygen atoms in total. The van der Waals surface area contributed by atoms with E-state index in [1.165, 1.54) is 24.0 Å². The highest BCUT2D eigenvalue weighted by Gasteiger charge is 2.39. The molecule has 0 spiro atoms. The summed E-state index contributed by atoms with van der Waals surface area (Å²) in [6, 6.07) is 8.48. The van der Waals surface area contributed by atoms with Crippen LogP contribution in [-0.2, 0) is 4.79 Å². The Balaban J connectivity index is 1.79. The average Bonchev–Trinajstić information content (AvgIpc) is 3.21. The summed E-state index contributed by atoms with van der Waals surface area (Å²) in [5.41, 5.74) is 2.46. The second-order valence-electron chi connectivity index (χ2n) is 6.21. The van der Waals surface area contributed by atoms with E-state index in [4.69, 9.17) is 0 Å². The summed E-state index contributed by atoms with van der Waals surface area (Å²) in [6.45, 7) is 5.07. The van der Waals surface area contributed by atoms with E-state index in [2.05, 4.69) is 48.3 Å². The number of benzene rings is 1. The predicted octanol–water partition coefficient (Wildman–Crippen LogP) is 3.00. The SMILES string of the molecule is CCC1NC(c2cccc(C)c2)N(CCC2CC2)C1=O. The van der Waals surface area contributed by atoms with Gasteiger partial charge in [-0.1, -0.05) is 49.6 Å². The average molecular weight is 272 g/mol. The minimum Gasteiger partial charge on any atom is -0.322 e. The summed E-state index contributed by atoms with van der Waals surface area (Å²) in [4.78, 5) is 14.6. The van der Waals surface area contributed by atoms with Gasteiger partial charge in [0, 0.05) is 6.54 Å². The maximum Gasteiger partial charge on any atom is 0.241 e. The molecule has 3 heteroatoms. The molecular formula is C17H24N2O. The third-order valence-electron chi connectivity index (χ3n) is 4.49. The largest absolute Gasteiger partial charge is 0.322 e. The molecule has 1 N–H and O–H groups in total. The molecule has 2 atom stereocenters. The van der Waals surface area contributed by atoms with Crippen LogP contribution in [0.1, 0.15) is 49.9 Å². The van der Waals surface area contributed by atoms with Crippen LogP contribution in [0.4, 0.5) is 0 Å². The fourth-order valence-corrected chi connectivity index (χ4v) is 3.06. The quantitative estimate of drug-likeness (QED) is 0.893. The topological polar surface area (TPSA) is 32.3 Å². The van der Waals surface area contributed by atoms with E-state index in [1.54, 1.807) is 0 Å². The zero-order valence-electron chi connectivity index (χ0n) is 12.4. The van der Waals surface area contributed by atoms with Gasteiger partial charge in [0.15, 0.2) is 0 Å². The van der Waals surface area contributed by atoms with Crippen molar-refractivity contribution in [2.24, 2.45) is 5.92 Å². The van der Waals surface area contributed by atoms with Crippen molar-refractivity contribution in [2.75, 3.05) is 6.54 Å². The summed E-state index contributed by atoms with van der Waals surface area (Å²) < 4.78 is 0. The van der Waals surface area contributed by atoms with Gasteiger partial charge in [0.1, 0.15) is 6.17 Å². The summed E-state index contributed by atoms with van der Waals surface area (Å²) in [6.07, 6.45) is 4.78. The predicted molar refractivity (Wildman–Crippen MR) is 80.2 cm³/mol. The highest BCUT2D eigenvalue weighted by Crippen LogP contribution is 2.34. The molecule has 2 fully saturated rings. The Morgan fingerprint density at radius 3 is 2.80 bits per heavy atom. The number of hydrogen-bond acceptors (Lipinski definition) is 2. The molecule has 1 heterocycles. The van der Waals surface area contributed by atoms with Crippen molar-refractivity contribution in [1.29, 1.82) is 0 Å². The smallest absolute Gasteiger partial charge is 0.241 e. The van der Waals surface area contributed by atoms with Gasteiger partial charge in [-0.05, 0) is 31.2 Å². The van der Waals surface area contributed by atoms with Crippen LogP contribution in [0.3, 0.4) is 0 Å². The number of aryl methyl sites for hydroxylation is 1. The summed E-state index contributed by atoms with van der Waals surface area (Å²) >= 11 is 0. The summed E-state index contributed by atoms with van der Waals surface area (Å²) in [7, 11) is 0. The summed E-state index contributed by atoms with van der Waals surface area (Å²) in [5.74, 6) is 1.14. The second kappa shape index (κ2) is 5.57. The maximum absolute atomic E-state index is 12.5. The van der Waals surface area contributed by atoms with Gasteiger partial charge in [0.2, 0.25) is 5.91 Å². The third kappa shape index (κ3) is 2.73. The fourth-order valence-electron chi connectivity index (χ4n) is 3.06. The molecule has 1 amide bonds. The number of rotatable bonds is 5. The first-order chi connectivity index (χ1) is 9.69. The molecule has 1 saturated heterocycles. The van der Waals surface area contributed by atoms with Crippen LogP contribution in [0.15, 0.2) is 24.3 Å². The highest BCUT2D eigenvalue weighted by molar-refractivity contribution is 5.84. The lowest BCUT2D eigenvalue weighted by molar-refractivity contribution is -0.130. The molecule has 1 aromatic rings. The van der Waals surface area contributed by atoms with Crippen molar-refractivity contribution in [1.82, 2.24) is 10.2 Å².